The van der Waals surface area contributed by atoms with E-state index < -0.39 is 27.8 Å². The van der Waals surface area contributed by atoms with Gasteiger partial charge in [-0.15, -0.1) is 0 Å². The van der Waals surface area contributed by atoms with Gasteiger partial charge in [0.15, 0.2) is 0 Å². The van der Waals surface area contributed by atoms with Crippen LogP contribution in [0.4, 0.5) is 4.39 Å². The number of carbonyl (C=O) groups excluding carboxylic acids is 1. The van der Waals surface area contributed by atoms with Crippen molar-refractivity contribution in [3.05, 3.63) is 0 Å². The third kappa shape index (κ3) is 3.39. The maximum absolute atomic E-state index is 13.8. The summed E-state index contributed by atoms with van der Waals surface area (Å²) in [5.41, 5.74) is -1.84. The number of nitrogens with zero attached hydrogens (tertiary/aromatic N) is 1. The van der Waals surface area contributed by atoms with E-state index in [1.807, 2.05) is 0 Å². The van der Waals surface area contributed by atoms with Crippen molar-refractivity contribution in [3.8, 4) is 0 Å². The molecule has 0 bridgehead atoms. The Morgan fingerprint density at radius 1 is 1.50 bits per heavy atom. The van der Waals surface area contributed by atoms with E-state index in [2.05, 4.69) is 4.74 Å². The first-order chi connectivity index (χ1) is 8.20. The predicted octanol–water partition coefficient (Wildman–Crippen LogP) is -0.326. The number of alkyl halides is 1. The molecule has 1 rings (SSSR count). The zero-order valence-corrected chi connectivity index (χ0v) is 11.2. The standard InChI is InChI=1S/C10H18FNO5S/c1-3-17-9(13)8(11)10(14)4-6-12(7-5-10)18(2,15)16/h8,14H,3-7H2,1-2H3. The summed E-state index contributed by atoms with van der Waals surface area (Å²) >= 11 is 0. The number of aliphatic hydroxyl groups is 1. The lowest BCUT2D eigenvalue weighted by Gasteiger charge is -2.37. The minimum absolute atomic E-state index is 0.00480. The number of ether oxygens (including phenoxy) is 1. The lowest BCUT2D eigenvalue weighted by molar-refractivity contribution is -0.163. The molecule has 1 aliphatic heterocycles. The van der Waals surface area contributed by atoms with Crippen LogP contribution in [0.25, 0.3) is 0 Å². The van der Waals surface area contributed by atoms with Gasteiger partial charge in [0.25, 0.3) is 0 Å². The van der Waals surface area contributed by atoms with E-state index >= 15 is 0 Å². The van der Waals surface area contributed by atoms with Crippen LogP contribution in [0.5, 0.6) is 0 Å². The molecule has 1 saturated heterocycles. The van der Waals surface area contributed by atoms with Crippen LogP contribution >= 0.6 is 0 Å². The van der Waals surface area contributed by atoms with Crippen molar-refractivity contribution in [2.75, 3.05) is 26.0 Å². The van der Waals surface area contributed by atoms with Crippen LogP contribution in [0, 0.1) is 0 Å². The van der Waals surface area contributed by atoms with Crippen LogP contribution in [0.15, 0.2) is 0 Å². The summed E-state index contributed by atoms with van der Waals surface area (Å²) in [4.78, 5) is 11.2. The fourth-order valence-electron chi connectivity index (χ4n) is 1.89. The first kappa shape index (κ1) is 15.3. The van der Waals surface area contributed by atoms with Crippen molar-refractivity contribution < 1.29 is 27.4 Å². The minimum atomic E-state index is -3.35. The SMILES string of the molecule is CCOC(=O)C(F)C1(O)CCN(S(C)(=O)=O)CC1. The summed E-state index contributed by atoms with van der Waals surface area (Å²) in [5.74, 6) is -1.10. The Balaban J connectivity index is 2.67. The lowest BCUT2D eigenvalue weighted by Crippen LogP contribution is -2.53. The molecule has 0 radical (unpaired) electrons. The van der Waals surface area contributed by atoms with Gasteiger partial charge in [-0.05, 0) is 19.8 Å². The quantitative estimate of drug-likeness (QED) is 0.715. The van der Waals surface area contributed by atoms with Gasteiger partial charge in [-0.2, -0.15) is 0 Å². The number of carbonyl (C=O) groups is 1. The van der Waals surface area contributed by atoms with Crippen LogP contribution in [0.3, 0.4) is 0 Å². The second-order valence-corrected chi connectivity index (χ2v) is 6.36. The largest absolute Gasteiger partial charge is 0.464 e. The number of piperidine rings is 1. The summed E-state index contributed by atoms with van der Waals surface area (Å²) in [7, 11) is -3.35. The van der Waals surface area contributed by atoms with Crippen molar-refractivity contribution in [1.29, 1.82) is 0 Å². The van der Waals surface area contributed by atoms with Crippen LogP contribution in [-0.2, 0) is 19.6 Å². The average molecular weight is 283 g/mol. The Bertz CT molecular complexity index is 402. The number of sulfonamides is 1. The molecule has 0 amide bonds. The molecule has 0 aliphatic carbocycles. The summed E-state index contributed by atoms with van der Waals surface area (Å²) < 4.78 is 42.0. The normalized spacial score (nSPS) is 22.4. The molecule has 0 spiro atoms. The van der Waals surface area contributed by atoms with Gasteiger partial charge in [0.2, 0.25) is 16.2 Å². The molecule has 8 heteroatoms. The average Bonchev–Trinajstić information content (AvgIpc) is 2.27. The monoisotopic (exact) mass is 283 g/mol. The molecule has 1 unspecified atom stereocenters. The van der Waals surface area contributed by atoms with E-state index in [9.17, 15) is 22.7 Å². The molecular formula is C10H18FNO5S. The topological polar surface area (TPSA) is 83.9 Å². The van der Waals surface area contributed by atoms with E-state index in [4.69, 9.17) is 0 Å². The molecule has 106 valence electrons. The van der Waals surface area contributed by atoms with Crippen molar-refractivity contribution >= 4 is 16.0 Å². The Labute approximate surface area is 106 Å². The predicted molar refractivity (Wildman–Crippen MR) is 62.1 cm³/mol. The highest BCUT2D eigenvalue weighted by atomic mass is 32.2. The number of rotatable bonds is 4. The first-order valence-corrected chi connectivity index (χ1v) is 7.54. The van der Waals surface area contributed by atoms with E-state index in [-0.39, 0.29) is 32.5 Å². The Kier molecular flexibility index (Phi) is 4.68. The lowest BCUT2D eigenvalue weighted by atomic mass is 9.87. The van der Waals surface area contributed by atoms with Gasteiger partial charge in [0.05, 0.1) is 12.9 Å². The van der Waals surface area contributed by atoms with E-state index in [1.54, 1.807) is 6.92 Å². The van der Waals surface area contributed by atoms with Gasteiger partial charge in [-0.3, -0.25) is 0 Å². The van der Waals surface area contributed by atoms with Crippen molar-refractivity contribution in [1.82, 2.24) is 4.31 Å². The second kappa shape index (κ2) is 5.50. The van der Waals surface area contributed by atoms with Gasteiger partial charge >= 0.3 is 5.97 Å². The Morgan fingerprint density at radius 2 is 2.00 bits per heavy atom. The Morgan fingerprint density at radius 3 is 2.39 bits per heavy atom. The van der Waals surface area contributed by atoms with E-state index in [0.717, 1.165) is 10.6 Å². The highest BCUT2D eigenvalue weighted by Gasteiger charge is 2.46. The van der Waals surface area contributed by atoms with Gasteiger partial charge in [-0.1, -0.05) is 0 Å². The Hall–Kier alpha value is -0.730. The highest BCUT2D eigenvalue weighted by molar-refractivity contribution is 7.88. The third-order valence-electron chi connectivity index (χ3n) is 3.02. The summed E-state index contributed by atoms with van der Waals surface area (Å²) in [6.45, 7) is 1.57. The first-order valence-electron chi connectivity index (χ1n) is 5.69. The molecule has 1 fully saturated rings. The maximum atomic E-state index is 13.8. The van der Waals surface area contributed by atoms with Gasteiger partial charge < -0.3 is 9.84 Å². The smallest absolute Gasteiger partial charge is 0.343 e. The zero-order chi connectivity index (χ0) is 14.0. The molecular weight excluding hydrogens is 265 g/mol. The molecule has 0 aromatic heterocycles. The van der Waals surface area contributed by atoms with E-state index in [1.165, 1.54) is 0 Å². The molecule has 1 N–H and O–H groups in total. The van der Waals surface area contributed by atoms with Crippen LogP contribution in [-0.4, -0.2) is 61.5 Å². The summed E-state index contributed by atoms with van der Waals surface area (Å²) in [5, 5.41) is 10.0. The third-order valence-corrected chi connectivity index (χ3v) is 4.33. The molecule has 1 heterocycles. The van der Waals surface area contributed by atoms with Gasteiger partial charge in [0.1, 0.15) is 5.60 Å². The fraction of sp³-hybridized carbons (Fsp3) is 0.900. The number of hydrogen-bond donors (Lipinski definition) is 1. The molecule has 18 heavy (non-hydrogen) atoms. The van der Waals surface area contributed by atoms with Crippen LogP contribution in [0.2, 0.25) is 0 Å². The minimum Gasteiger partial charge on any atom is -0.464 e. The number of halogens is 1. The highest BCUT2D eigenvalue weighted by Crippen LogP contribution is 2.29. The second-order valence-electron chi connectivity index (χ2n) is 4.38. The molecule has 0 aromatic carbocycles. The van der Waals surface area contributed by atoms with Crippen LogP contribution < -0.4 is 0 Å². The fourth-order valence-corrected chi connectivity index (χ4v) is 2.74. The van der Waals surface area contributed by atoms with E-state index in [0.29, 0.717) is 0 Å². The van der Waals surface area contributed by atoms with Crippen LogP contribution in [0.1, 0.15) is 19.8 Å². The molecule has 0 saturated carbocycles. The maximum Gasteiger partial charge on any atom is 0.343 e. The molecule has 0 aromatic rings. The molecule has 6 nitrogen and oxygen atoms in total. The van der Waals surface area contributed by atoms with Gasteiger partial charge in [0, 0.05) is 13.1 Å². The summed E-state index contributed by atoms with van der Waals surface area (Å²) in [6, 6.07) is 0. The molecule has 1 atom stereocenters. The summed E-state index contributed by atoms with van der Waals surface area (Å²) in [6.07, 6.45) is -1.34. The van der Waals surface area contributed by atoms with Crippen molar-refractivity contribution in [2.24, 2.45) is 0 Å². The van der Waals surface area contributed by atoms with Gasteiger partial charge in [-0.25, -0.2) is 21.9 Å². The number of hydrogen-bond acceptors (Lipinski definition) is 5. The van der Waals surface area contributed by atoms with Crippen molar-refractivity contribution in [2.45, 2.75) is 31.5 Å². The van der Waals surface area contributed by atoms with Crippen molar-refractivity contribution in [3.63, 3.8) is 0 Å². The molecule has 1 aliphatic rings. The number of esters is 1. The zero-order valence-electron chi connectivity index (χ0n) is 10.4.